The third-order valence-corrected chi connectivity index (χ3v) is 5.64. The number of halogens is 1. The Balaban J connectivity index is 2.01. The van der Waals surface area contributed by atoms with Gasteiger partial charge in [-0.25, -0.2) is 17.8 Å². The number of aromatic amines is 1. The van der Waals surface area contributed by atoms with E-state index in [9.17, 15) is 17.6 Å². The lowest BCUT2D eigenvalue weighted by molar-refractivity contribution is 0.102. The van der Waals surface area contributed by atoms with Gasteiger partial charge < -0.3 is 4.98 Å². The number of piperidine rings is 1. The Morgan fingerprint density at radius 1 is 1.41 bits per heavy atom. The Morgan fingerprint density at radius 3 is 2.91 bits per heavy atom. The molecule has 1 aliphatic rings. The van der Waals surface area contributed by atoms with Gasteiger partial charge in [0.1, 0.15) is 5.67 Å². The van der Waals surface area contributed by atoms with E-state index in [1.54, 1.807) is 0 Å². The van der Waals surface area contributed by atoms with Crippen LogP contribution in [0.2, 0.25) is 0 Å². The predicted octanol–water partition coefficient (Wildman–Crippen LogP) is 1.44. The monoisotopic (exact) mass is 325 g/mol. The van der Waals surface area contributed by atoms with Crippen molar-refractivity contribution in [3.8, 4) is 0 Å². The molecule has 0 bridgehead atoms. The molecular weight excluding hydrogens is 309 g/mol. The van der Waals surface area contributed by atoms with Gasteiger partial charge in [-0.05, 0) is 38.0 Å². The lowest BCUT2D eigenvalue weighted by atomic mass is 9.99. The molecule has 1 aromatic heterocycles. The molecule has 0 amide bonds. The van der Waals surface area contributed by atoms with Crippen LogP contribution in [0.25, 0.3) is 11.0 Å². The second-order valence-electron chi connectivity index (χ2n) is 5.78. The number of sulfonamides is 1. The first kappa shape index (κ1) is 15.1. The van der Waals surface area contributed by atoms with Gasteiger partial charge in [-0.3, -0.25) is 4.79 Å². The summed E-state index contributed by atoms with van der Waals surface area (Å²) in [5.41, 5.74) is -1.03. The molecule has 8 heteroatoms. The summed E-state index contributed by atoms with van der Waals surface area (Å²) in [7, 11) is -3.77. The van der Waals surface area contributed by atoms with Crippen molar-refractivity contribution in [1.82, 2.24) is 14.3 Å². The summed E-state index contributed by atoms with van der Waals surface area (Å²) in [6.45, 7) is 1.58. The van der Waals surface area contributed by atoms with Crippen molar-refractivity contribution in [3.05, 3.63) is 34.7 Å². The average Bonchev–Trinajstić information content (AvgIpc) is 2.45. The van der Waals surface area contributed by atoms with Gasteiger partial charge in [-0.15, -0.1) is 0 Å². The van der Waals surface area contributed by atoms with Crippen LogP contribution in [0, 0.1) is 0 Å². The van der Waals surface area contributed by atoms with Crippen molar-refractivity contribution >= 4 is 21.1 Å². The van der Waals surface area contributed by atoms with Crippen molar-refractivity contribution in [2.24, 2.45) is 0 Å². The van der Waals surface area contributed by atoms with Gasteiger partial charge in [0, 0.05) is 13.1 Å². The molecule has 2 heterocycles. The summed E-state index contributed by atoms with van der Waals surface area (Å²) in [5, 5.41) is 0. The summed E-state index contributed by atoms with van der Waals surface area (Å²) in [6, 6.07) is 4.29. The molecule has 1 aromatic carbocycles. The minimum atomic E-state index is -3.77. The molecule has 0 aliphatic carbocycles. The van der Waals surface area contributed by atoms with Crippen LogP contribution in [0.1, 0.15) is 19.8 Å². The maximum Gasteiger partial charge on any atom is 0.266 e. The zero-order chi connectivity index (χ0) is 16.0. The minimum absolute atomic E-state index is 0.0530. The van der Waals surface area contributed by atoms with Crippen molar-refractivity contribution in [2.75, 3.05) is 13.1 Å². The molecule has 0 saturated carbocycles. The number of benzene rings is 1. The molecule has 1 saturated heterocycles. The molecule has 6 nitrogen and oxygen atoms in total. The molecular formula is C14H16FN3O3S. The highest BCUT2D eigenvalue weighted by molar-refractivity contribution is 7.89. The van der Waals surface area contributed by atoms with Crippen LogP contribution in [0.15, 0.2) is 34.1 Å². The summed E-state index contributed by atoms with van der Waals surface area (Å²) >= 11 is 0. The largest absolute Gasteiger partial charge is 0.319 e. The van der Waals surface area contributed by atoms with Gasteiger partial charge in [0.05, 0.1) is 22.1 Å². The lowest BCUT2D eigenvalue weighted by Crippen LogP contribution is -2.46. The quantitative estimate of drug-likeness (QED) is 0.905. The number of hydrogen-bond donors (Lipinski definition) is 1. The third kappa shape index (κ3) is 2.76. The molecule has 1 unspecified atom stereocenters. The number of H-pyrrole nitrogens is 1. The summed E-state index contributed by atoms with van der Waals surface area (Å²) in [4.78, 5) is 17.8. The Hall–Kier alpha value is -1.80. The van der Waals surface area contributed by atoms with Crippen molar-refractivity contribution < 1.29 is 12.8 Å². The molecule has 1 aliphatic heterocycles. The van der Waals surface area contributed by atoms with E-state index >= 15 is 0 Å². The molecule has 1 fully saturated rings. The Bertz CT molecular complexity index is 876. The van der Waals surface area contributed by atoms with Crippen LogP contribution in [0.4, 0.5) is 4.39 Å². The van der Waals surface area contributed by atoms with Gasteiger partial charge in [-0.2, -0.15) is 4.31 Å². The fraction of sp³-hybridized carbons (Fsp3) is 0.429. The SMILES string of the molecule is CC1(F)CCCN(S(=O)(=O)c2ccc3[nH]c(=O)cnc3c2)C1. The number of nitrogens with zero attached hydrogens (tertiary/aromatic N) is 2. The van der Waals surface area contributed by atoms with E-state index in [-0.39, 0.29) is 17.0 Å². The number of alkyl halides is 1. The van der Waals surface area contributed by atoms with Gasteiger partial charge in [-0.1, -0.05) is 0 Å². The summed E-state index contributed by atoms with van der Waals surface area (Å²) in [6.07, 6.45) is 1.95. The van der Waals surface area contributed by atoms with Crippen LogP contribution in [0.3, 0.4) is 0 Å². The summed E-state index contributed by atoms with van der Waals surface area (Å²) < 4.78 is 40.6. The third-order valence-electron chi connectivity index (χ3n) is 3.80. The van der Waals surface area contributed by atoms with E-state index in [0.29, 0.717) is 30.4 Å². The van der Waals surface area contributed by atoms with Crippen molar-refractivity contribution in [3.63, 3.8) is 0 Å². The van der Waals surface area contributed by atoms with E-state index in [2.05, 4.69) is 9.97 Å². The Labute approximate surface area is 127 Å². The molecule has 0 spiro atoms. The number of hydrogen-bond acceptors (Lipinski definition) is 4. The van der Waals surface area contributed by atoms with Gasteiger partial charge in [0.2, 0.25) is 10.0 Å². The maximum absolute atomic E-state index is 14.1. The van der Waals surface area contributed by atoms with Crippen LogP contribution in [0.5, 0.6) is 0 Å². The molecule has 1 N–H and O–H groups in total. The zero-order valence-electron chi connectivity index (χ0n) is 12.0. The average molecular weight is 325 g/mol. The Kier molecular flexibility index (Phi) is 3.53. The first-order valence-corrected chi connectivity index (χ1v) is 8.40. The van der Waals surface area contributed by atoms with E-state index in [1.807, 2.05) is 0 Å². The van der Waals surface area contributed by atoms with Crippen LogP contribution < -0.4 is 5.56 Å². The highest BCUT2D eigenvalue weighted by Crippen LogP contribution is 2.29. The molecule has 22 heavy (non-hydrogen) atoms. The molecule has 0 radical (unpaired) electrons. The molecule has 2 aromatic rings. The number of fused-ring (bicyclic) bond motifs is 1. The standard InChI is InChI=1S/C14H16FN3O3S/c1-14(15)5-2-6-18(9-14)22(20,21)10-3-4-11-12(7-10)16-8-13(19)17-11/h3-4,7-8H,2,5-6,9H2,1H3,(H,17,19). The van der Waals surface area contributed by atoms with Crippen LogP contribution in [-0.4, -0.2) is 41.4 Å². The maximum atomic E-state index is 14.1. The fourth-order valence-electron chi connectivity index (χ4n) is 2.68. The van der Waals surface area contributed by atoms with Gasteiger partial charge >= 0.3 is 0 Å². The van der Waals surface area contributed by atoms with E-state index in [0.717, 1.165) is 6.20 Å². The highest BCUT2D eigenvalue weighted by atomic mass is 32.2. The minimum Gasteiger partial charge on any atom is -0.319 e. The fourth-order valence-corrected chi connectivity index (χ4v) is 4.29. The predicted molar refractivity (Wildman–Crippen MR) is 79.9 cm³/mol. The summed E-state index contributed by atoms with van der Waals surface area (Å²) in [5.74, 6) is 0. The van der Waals surface area contributed by atoms with Crippen LogP contribution in [-0.2, 0) is 10.0 Å². The van der Waals surface area contributed by atoms with Crippen LogP contribution >= 0.6 is 0 Å². The highest BCUT2D eigenvalue weighted by Gasteiger charge is 2.37. The van der Waals surface area contributed by atoms with E-state index < -0.39 is 15.7 Å². The van der Waals surface area contributed by atoms with Gasteiger partial charge in [0.25, 0.3) is 5.56 Å². The number of aromatic nitrogens is 2. The zero-order valence-corrected chi connectivity index (χ0v) is 12.9. The first-order valence-electron chi connectivity index (χ1n) is 6.96. The van der Waals surface area contributed by atoms with E-state index in [1.165, 1.54) is 29.4 Å². The second kappa shape index (κ2) is 5.13. The Morgan fingerprint density at radius 2 is 2.18 bits per heavy atom. The molecule has 1 atom stereocenters. The molecule has 118 valence electrons. The van der Waals surface area contributed by atoms with E-state index in [4.69, 9.17) is 0 Å². The second-order valence-corrected chi connectivity index (χ2v) is 7.72. The smallest absolute Gasteiger partial charge is 0.266 e. The number of rotatable bonds is 2. The van der Waals surface area contributed by atoms with Crippen molar-refractivity contribution in [1.29, 1.82) is 0 Å². The first-order chi connectivity index (χ1) is 10.3. The molecule has 3 rings (SSSR count). The lowest BCUT2D eigenvalue weighted by Gasteiger charge is -2.34. The topological polar surface area (TPSA) is 83.1 Å². The van der Waals surface area contributed by atoms with Gasteiger partial charge in [0.15, 0.2) is 0 Å². The van der Waals surface area contributed by atoms with Crippen molar-refractivity contribution in [2.45, 2.75) is 30.3 Å². The normalized spacial score (nSPS) is 23.7. The number of nitrogens with one attached hydrogen (secondary N) is 1.